The van der Waals surface area contributed by atoms with Crippen molar-refractivity contribution in [1.82, 2.24) is 4.57 Å². The normalized spacial score (nSPS) is 11.9. The van der Waals surface area contributed by atoms with Gasteiger partial charge in [0.1, 0.15) is 17.5 Å². The van der Waals surface area contributed by atoms with Gasteiger partial charge in [-0.3, -0.25) is 14.2 Å². The van der Waals surface area contributed by atoms with Gasteiger partial charge in [0, 0.05) is 11.5 Å². The van der Waals surface area contributed by atoms with Gasteiger partial charge < -0.3 is 14.8 Å². The highest BCUT2D eigenvalue weighted by Crippen LogP contribution is 2.30. The third-order valence-electron chi connectivity index (χ3n) is 4.83. The van der Waals surface area contributed by atoms with Gasteiger partial charge in [0.15, 0.2) is 0 Å². The minimum absolute atomic E-state index is 0.239. The topological polar surface area (TPSA) is 69.6 Å². The van der Waals surface area contributed by atoms with Crippen molar-refractivity contribution in [2.24, 2.45) is 0 Å². The van der Waals surface area contributed by atoms with Crippen LogP contribution in [0, 0.1) is 6.92 Å². The lowest BCUT2D eigenvalue weighted by molar-refractivity contribution is -0.119. The molecule has 1 unspecified atom stereocenters. The molecule has 0 fully saturated rings. The van der Waals surface area contributed by atoms with Crippen LogP contribution >= 0.6 is 0 Å². The number of benzene rings is 2. The predicted molar refractivity (Wildman–Crippen MR) is 110 cm³/mol. The number of anilines is 1. The van der Waals surface area contributed by atoms with E-state index in [0.717, 1.165) is 10.9 Å². The molecule has 1 atom stereocenters. The maximum absolute atomic E-state index is 13.1. The molecule has 6 nitrogen and oxygen atoms in total. The van der Waals surface area contributed by atoms with Crippen LogP contribution in [0.4, 0.5) is 5.69 Å². The summed E-state index contributed by atoms with van der Waals surface area (Å²) in [6.45, 7) is 3.75. The third kappa shape index (κ3) is 3.45. The van der Waals surface area contributed by atoms with Crippen molar-refractivity contribution >= 4 is 22.5 Å². The second-order valence-corrected chi connectivity index (χ2v) is 6.51. The molecule has 146 valence electrons. The quantitative estimate of drug-likeness (QED) is 0.704. The number of carbonyl (C=O) groups is 1. The smallest absolute Gasteiger partial charge is 0.252 e. The van der Waals surface area contributed by atoms with Gasteiger partial charge in [-0.25, -0.2) is 0 Å². The van der Waals surface area contributed by atoms with Crippen LogP contribution in [0.3, 0.4) is 0 Å². The summed E-state index contributed by atoms with van der Waals surface area (Å²) in [4.78, 5) is 26.0. The number of carbonyl (C=O) groups excluding carboxylic acids is 1. The van der Waals surface area contributed by atoms with Crippen molar-refractivity contribution in [2.75, 3.05) is 19.5 Å². The van der Waals surface area contributed by atoms with Crippen molar-refractivity contribution in [3.8, 4) is 11.5 Å². The lowest BCUT2D eigenvalue weighted by Crippen LogP contribution is -2.33. The van der Waals surface area contributed by atoms with Gasteiger partial charge in [-0.15, -0.1) is 0 Å². The van der Waals surface area contributed by atoms with Gasteiger partial charge in [0.25, 0.3) is 5.56 Å². The molecule has 1 heterocycles. The van der Waals surface area contributed by atoms with E-state index < -0.39 is 6.04 Å². The minimum atomic E-state index is -0.697. The Morgan fingerprint density at radius 3 is 2.43 bits per heavy atom. The molecule has 0 aliphatic heterocycles. The number of pyridine rings is 1. The van der Waals surface area contributed by atoms with Crippen molar-refractivity contribution in [2.45, 2.75) is 26.3 Å². The van der Waals surface area contributed by atoms with Crippen LogP contribution in [0.25, 0.3) is 10.9 Å². The molecule has 3 aromatic rings. The zero-order chi connectivity index (χ0) is 20.3. The van der Waals surface area contributed by atoms with E-state index in [-0.39, 0.29) is 11.5 Å². The summed E-state index contributed by atoms with van der Waals surface area (Å²) in [5.41, 5.74) is 1.79. The molecule has 1 aromatic heterocycles. The van der Waals surface area contributed by atoms with Gasteiger partial charge in [-0.05, 0) is 37.1 Å². The van der Waals surface area contributed by atoms with E-state index in [1.54, 1.807) is 38.5 Å². The first-order valence-corrected chi connectivity index (χ1v) is 9.14. The molecule has 3 rings (SSSR count). The molecule has 1 amide bonds. The number of hydrogen-bond donors (Lipinski definition) is 1. The van der Waals surface area contributed by atoms with Crippen LogP contribution in [0.15, 0.2) is 53.3 Å². The lowest BCUT2D eigenvalue weighted by atomic mass is 10.1. The molecule has 28 heavy (non-hydrogen) atoms. The Morgan fingerprint density at radius 2 is 1.75 bits per heavy atom. The fourth-order valence-corrected chi connectivity index (χ4v) is 3.46. The first kappa shape index (κ1) is 19.5. The highest BCUT2D eigenvalue weighted by molar-refractivity contribution is 5.97. The Balaban J connectivity index is 2.14. The van der Waals surface area contributed by atoms with E-state index in [4.69, 9.17) is 9.47 Å². The Hall–Kier alpha value is -3.28. The summed E-state index contributed by atoms with van der Waals surface area (Å²) in [5, 5.41) is 3.77. The number of aryl methyl sites for hydroxylation is 1. The highest BCUT2D eigenvalue weighted by Gasteiger charge is 2.24. The van der Waals surface area contributed by atoms with Crippen molar-refractivity contribution in [1.29, 1.82) is 0 Å². The first-order chi connectivity index (χ1) is 13.5. The van der Waals surface area contributed by atoms with E-state index in [2.05, 4.69) is 5.32 Å². The number of nitrogens with one attached hydrogen (secondary N) is 1. The van der Waals surface area contributed by atoms with E-state index in [0.29, 0.717) is 29.1 Å². The molecule has 1 N–H and O–H groups in total. The molecule has 0 radical (unpaired) electrons. The zero-order valence-electron chi connectivity index (χ0n) is 16.5. The van der Waals surface area contributed by atoms with Crippen LogP contribution < -0.4 is 20.3 Å². The summed E-state index contributed by atoms with van der Waals surface area (Å²) in [7, 11) is 3.10. The summed E-state index contributed by atoms with van der Waals surface area (Å²) in [6, 6.07) is 13.6. The SMILES string of the molecule is CCC(C(=O)Nc1ccccc1OC)n1c(=O)cc(C)c2cccc(OC)c21. The second-order valence-electron chi connectivity index (χ2n) is 6.51. The number of hydrogen-bond acceptors (Lipinski definition) is 4. The largest absolute Gasteiger partial charge is 0.495 e. The predicted octanol–water partition coefficient (Wildman–Crippen LogP) is 3.92. The first-order valence-electron chi connectivity index (χ1n) is 9.14. The van der Waals surface area contributed by atoms with Crippen LogP contribution in [-0.2, 0) is 4.79 Å². The zero-order valence-corrected chi connectivity index (χ0v) is 16.5. The van der Waals surface area contributed by atoms with E-state index in [1.165, 1.54) is 4.57 Å². The average molecular weight is 380 g/mol. The van der Waals surface area contributed by atoms with Gasteiger partial charge in [0.2, 0.25) is 5.91 Å². The van der Waals surface area contributed by atoms with Crippen molar-refractivity contribution in [3.05, 3.63) is 64.4 Å². The second kappa shape index (κ2) is 8.17. The van der Waals surface area contributed by atoms with Crippen LogP contribution in [0.5, 0.6) is 11.5 Å². The summed E-state index contributed by atoms with van der Waals surface area (Å²) < 4.78 is 12.3. The fourth-order valence-electron chi connectivity index (χ4n) is 3.46. The van der Waals surface area contributed by atoms with Gasteiger partial charge in [-0.1, -0.05) is 31.2 Å². The van der Waals surface area contributed by atoms with Crippen LogP contribution in [0.1, 0.15) is 24.9 Å². The molecule has 0 aliphatic rings. The fraction of sp³-hybridized carbons (Fsp3) is 0.273. The molecule has 0 saturated heterocycles. The number of nitrogens with zero attached hydrogens (tertiary/aromatic N) is 1. The van der Waals surface area contributed by atoms with Gasteiger partial charge in [0.05, 0.1) is 25.4 Å². The number of ether oxygens (including phenoxy) is 2. The number of amides is 1. The van der Waals surface area contributed by atoms with Crippen LogP contribution in [-0.4, -0.2) is 24.7 Å². The van der Waals surface area contributed by atoms with Crippen LogP contribution in [0.2, 0.25) is 0 Å². The Morgan fingerprint density at radius 1 is 1.07 bits per heavy atom. The summed E-state index contributed by atoms with van der Waals surface area (Å²) >= 11 is 0. The Labute approximate surface area is 163 Å². The molecule has 0 bridgehead atoms. The maximum Gasteiger partial charge on any atom is 0.252 e. The van der Waals surface area contributed by atoms with E-state index in [1.807, 2.05) is 38.1 Å². The number of para-hydroxylation sites is 3. The Bertz CT molecular complexity index is 1070. The van der Waals surface area contributed by atoms with Crippen molar-refractivity contribution in [3.63, 3.8) is 0 Å². The summed E-state index contributed by atoms with van der Waals surface area (Å²) in [5.74, 6) is 0.830. The number of aromatic nitrogens is 1. The molecule has 2 aromatic carbocycles. The van der Waals surface area contributed by atoms with Gasteiger partial charge in [-0.2, -0.15) is 0 Å². The van der Waals surface area contributed by atoms with E-state index in [9.17, 15) is 9.59 Å². The number of methoxy groups -OCH3 is 2. The highest BCUT2D eigenvalue weighted by atomic mass is 16.5. The minimum Gasteiger partial charge on any atom is -0.495 e. The molecule has 0 saturated carbocycles. The standard InChI is InChI=1S/C22H24N2O4/c1-5-17(22(26)23-16-10-6-7-11-18(16)27-3)24-20(25)13-14(2)15-9-8-12-19(28-4)21(15)24/h6-13,17H,5H2,1-4H3,(H,23,26). The van der Waals surface area contributed by atoms with E-state index >= 15 is 0 Å². The molecular formula is C22H24N2O4. The number of rotatable bonds is 6. The molecular weight excluding hydrogens is 356 g/mol. The lowest BCUT2D eigenvalue weighted by Gasteiger charge is -2.22. The monoisotopic (exact) mass is 380 g/mol. The summed E-state index contributed by atoms with van der Waals surface area (Å²) in [6.07, 6.45) is 0.442. The van der Waals surface area contributed by atoms with Crippen molar-refractivity contribution < 1.29 is 14.3 Å². The molecule has 0 aliphatic carbocycles. The number of fused-ring (bicyclic) bond motifs is 1. The Kier molecular flexibility index (Phi) is 5.68. The average Bonchev–Trinajstić information content (AvgIpc) is 2.70. The third-order valence-corrected chi connectivity index (χ3v) is 4.83. The maximum atomic E-state index is 13.1. The molecule has 0 spiro atoms. The van der Waals surface area contributed by atoms with Gasteiger partial charge >= 0.3 is 0 Å². The molecule has 6 heteroatoms.